The zero-order valence-corrected chi connectivity index (χ0v) is 14.2. The molecule has 0 saturated carbocycles. The molecule has 2 nitrogen and oxygen atoms in total. The highest BCUT2D eigenvalue weighted by Gasteiger charge is 2.18. The van der Waals surface area contributed by atoms with Crippen LogP contribution in [0.3, 0.4) is 0 Å². The lowest BCUT2D eigenvalue weighted by Crippen LogP contribution is -2.15. The molecule has 122 valence electrons. The first-order valence-corrected chi connectivity index (χ1v) is 8.63. The van der Waals surface area contributed by atoms with Crippen LogP contribution in [0.25, 0.3) is 11.1 Å². The number of amides is 1. The molecule has 2 aromatic carbocycles. The molecule has 0 atom stereocenters. The molecule has 0 unspecified atom stereocenters. The Balaban J connectivity index is 1.80. The number of hydrogen-bond donors (Lipinski definition) is 0. The summed E-state index contributed by atoms with van der Waals surface area (Å²) in [5, 5.41) is 0. The molecule has 2 aromatic rings. The van der Waals surface area contributed by atoms with E-state index >= 15 is 0 Å². The molecule has 3 rings (SSSR count). The predicted octanol–water partition coefficient (Wildman–Crippen LogP) is 5.87. The van der Waals surface area contributed by atoms with Crippen LogP contribution in [0.2, 0.25) is 0 Å². The Labute approximate surface area is 145 Å². The highest BCUT2D eigenvalue weighted by Crippen LogP contribution is 2.29. The van der Waals surface area contributed by atoms with Gasteiger partial charge in [0.05, 0.1) is 0 Å². The number of halogens is 1. The number of rotatable bonds is 4. The molecule has 0 spiro atoms. The molecule has 1 amide bonds. The highest BCUT2D eigenvalue weighted by atomic mass is 32.2. The van der Waals surface area contributed by atoms with E-state index in [0.717, 1.165) is 46.4 Å². The lowest BCUT2D eigenvalue weighted by molar-refractivity contribution is 0.0627. The number of allylic oxidation sites excluding steroid dienone is 3. The lowest BCUT2D eigenvalue weighted by Gasteiger charge is -2.13. The zero-order valence-electron chi connectivity index (χ0n) is 13.4. The van der Waals surface area contributed by atoms with E-state index in [1.165, 1.54) is 0 Å². The second-order valence-electron chi connectivity index (χ2n) is 5.62. The van der Waals surface area contributed by atoms with Crippen LogP contribution < -0.4 is 0 Å². The normalized spacial score (nSPS) is 13.5. The lowest BCUT2D eigenvalue weighted by atomic mass is 9.99. The van der Waals surface area contributed by atoms with Gasteiger partial charge < -0.3 is 0 Å². The molecule has 0 heterocycles. The monoisotopic (exact) mass is 339 g/mol. The Morgan fingerprint density at radius 1 is 1.12 bits per heavy atom. The number of carbonyl (C=O) groups excluding carboxylic acids is 1. The fraction of sp³-hybridized carbons (Fsp3) is 0.150. The van der Waals surface area contributed by atoms with Gasteiger partial charge in [-0.25, -0.2) is 0 Å². The summed E-state index contributed by atoms with van der Waals surface area (Å²) in [6.07, 6.45) is 7.61. The first-order valence-electron chi connectivity index (χ1n) is 7.86. The summed E-state index contributed by atoms with van der Waals surface area (Å²) in [5.41, 5.74) is 3.41. The molecule has 0 saturated heterocycles. The quantitative estimate of drug-likeness (QED) is 0.513. The number of aryl methyl sites for hydroxylation is 1. The van der Waals surface area contributed by atoms with Crippen molar-refractivity contribution in [3.63, 3.8) is 0 Å². The van der Waals surface area contributed by atoms with Crippen LogP contribution in [0.5, 0.6) is 0 Å². The van der Waals surface area contributed by atoms with Crippen molar-refractivity contribution in [2.24, 2.45) is 0 Å². The maximum Gasteiger partial charge on any atom is 0.292 e. The Hall–Kier alpha value is -2.33. The van der Waals surface area contributed by atoms with Gasteiger partial charge in [-0.2, -0.15) is 0 Å². The molecule has 0 bridgehead atoms. The number of benzene rings is 2. The van der Waals surface area contributed by atoms with Crippen LogP contribution in [0.1, 0.15) is 28.8 Å². The Morgan fingerprint density at radius 2 is 1.96 bits per heavy atom. The Morgan fingerprint density at radius 3 is 2.71 bits per heavy atom. The van der Waals surface area contributed by atoms with Crippen molar-refractivity contribution < 1.29 is 9.28 Å². The fourth-order valence-corrected chi connectivity index (χ4v) is 3.33. The van der Waals surface area contributed by atoms with Crippen molar-refractivity contribution in [3.05, 3.63) is 82.8 Å². The number of hydrogen-bond acceptors (Lipinski definition) is 2. The maximum atomic E-state index is 14.3. The van der Waals surface area contributed by atoms with Crippen molar-refractivity contribution in [2.75, 3.05) is 0 Å². The van der Waals surface area contributed by atoms with Gasteiger partial charge in [0.25, 0.3) is 5.91 Å². The summed E-state index contributed by atoms with van der Waals surface area (Å²) in [5.74, 6) is -0.643. The summed E-state index contributed by atoms with van der Waals surface area (Å²) in [6.45, 7) is 2.02. The summed E-state index contributed by atoms with van der Waals surface area (Å²) < 4.78 is 14.5. The average molecular weight is 339 g/mol. The third-order valence-corrected chi connectivity index (χ3v) is 4.71. The number of nitrogens with zero attached hydrogens (tertiary/aromatic N) is 1. The maximum absolute atomic E-state index is 14.3. The van der Waals surface area contributed by atoms with E-state index in [4.69, 9.17) is 0 Å². The molecular formula is C20H18FNOS. The Kier molecular flexibility index (Phi) is 5.16. The predicted molar refractivity (Wildman–Crippen MR) is 97.9 cm³/mol. The topological polar surface area (TPSA) is 20.3 Å². The molecule has 4 heteroatoms. The summed E-state index contributed by atoms with van der Waals surface area (Å²) >= 11 is 0.820. The van der Waals surface area contributed by atoms with Gasteiger partial charge in [-0.05, 0) is 48.6 Å². The molecule has 0 aromatic heterocycles. The molecule has 24 heavy (non-hydrogen) atoms. The fourth-order valence-electron chi connectivity index (χ4n) is 2.61. The van der Waals surface area contributed by atoms with E-state index in [9.17, 15) is 9.28 Å². The van der Waals surface area contributed by atoms with Gasteiger partial charge in [-0.1, -0.05) is 59.1 Å². The van der Waals surface area contributed by atoms with Crippen molar-refractivity contribution >= 4 is 17.9 Å². The largest absolute Gasteiger partial charge is 0.292 e. The minimum Gasteiger partial charge on any atom is -0.265 e. The van der Waals surface area contributed by atoms with Crippen molar-refractivity contribution in [1.29, 1.82) is 0 Å². The van der Waals surface area contributed by atoms with Crippen LogP contribution in [0.15, 0.2) is 71.7 Å². The average Bonchev–Trinajstić information content (AvgIpc) is 2.62. The number of carbonyl (C=O) groups is 1. The minimum absolute atomic E-state index is 0.207. The second kappa shape index (κ2) is 7.49. The molecular weight excluding hydrogens is 321 g/mol. The molecule has 1 aliphatic rings. The van der Waals surface area contributed by atoms with Crippen LogP contribution in [-0.2, 0) is 0 Å². The van der Waals surface area contributed by atoms with Crippen LogP contribution in [-0.4, -0.2) is 10.4 Å². The highest BCUT2D eigenvalue weighted by molar-refractivity contribution is 8.01. The minimum atomic E-state index is -0.643. The molecule has 1 aliphatic carbocycles. The van der Waals surface area contributed by atoms with Crippen LogP contribution >= 0.6 is 11.9 Å². The molecule has 0 fully saturated rings. The van der Waals surface area contributed by atoms with E-state index in [0.29, 0.717) is 5.56 Å². The van der Waals surface area contributed by atoms with E-state index in [1.807, 2.05) is 55.5 Å². The first kappa shape index (κ1) is 16.5. The Bertz CT molecular complexity index is 813. The van der Waals surface area contributed by atoms with Gasteiger partial charge >= 0.3 is 0 Å². The van der Waals surface area contributed by atoms with Gasteiger partial charge in [0, 0.05) is 22.4 Å². The molecule has 0 N–H and O–H groups in total. The smallest absolute Gasteiger partial charge is 0.265 e. The summed E-state index contributed by atoms with van der Waals surface area (Å²) in [6, 6.07) is 15.0. The summed E-state index contributed by atoms with van der Waals surface area (Å²) in [4.78, 5) is 13.1. The van der Waals surface area contributed by atoms with E-state index in [-0.39, 0.29) is 4.53 Å². The first-order chi connectivity index (χ1) is 11.6. The van der Waals surface area contributed by atoms with Gasteiger partial charge in [-0.15, -0.1) is 4.53 Å². The molecule has 0 aliphatic heterocycles. The SMILES string of the molecule is Cc1ccccc1-c1cccc(C(=O)N(F)SC2=CCCC=C2)c1. The zero-order chi connectivity index (χ0) is 16.9. The van der Waals surface area contributed by atoms with E-state index < -0.39 is 5.91 Å². The van der Waals surface area contributed by atoms with E-state index in [2.05, 4.69) is 0 Å². The van der Waals surface area contributed by atoms with Crippen molar-refractivity contribution in [1.82, 2.24) is 4.53 Å². The van der Waals surface area contributed by atoms with Gasteiger partial charge in [0.1, 0.15) is 0 Å². The third-order valence-electron chi connectivity index (χ3n) is 3.87. The van der Waals surface area contributed by atoms with Gasteiger partial charge in [-0.3, -0.25) is 4.79 Å². The van der Waals surface area contributed by atoms with Crippen molar-refractivity contribution in [3.8, 4) is 11.1 Å². The molecule has 0 radical (unpaired) electrons. The second-order valence-corrected chi connectivity index (χ2v) is 6.60. The van der Waals surface area contributed by atoms with E-state index in [1.54, 1.807) is 18.2 Å². The van der Waals surface area contributed by atoms with Crippen LogP contribution in [0.4, 0.5) is 4.48 Å². The van der Waals surface area contributed by atoms with Crippen molar-refractivity contribution in [2.45, 2.75) is 19.8 Å². The third kappa shape index (κ3) is 3.77. The standard InChI is InChI=1S/C20H18FNOS/c1-15-8-5-6-13-19(15)16-9-7-10-17(14-16)20(23)22(21)24-18-11-3-2-4-12-18/h3,5-14H,2,4H2,1H3. The van der Waals surface area contributed by atoms with Crippen LogP contribution in [0, 0.1) is 6.92 Å². The van der Waals surface area contributed by atoms with Gasteiger partial charge in [0.15, 0.2) is 0 Å². The van der Waals surface area contributed by atoms with Gasteiger partial charge in [0.2, 0.25) is 0 Å². The summed E-state index contributed by atoms with van der Waals surface area (Å²) in [7, 11) is 0.